The Kier molecular flexibility index (Phi) is 5.59. The second-order valence-corrected chi connectivity index (χ2v) is 5.54. The highest BCUT2D eigenvalue weighted by Crippen LogP contribution is 2.60. The van der Waals surface area contributed by atoms with Crippen molar-refractivity contribution in [2.75, 3.05) is 0 Å². The van der Waals surface area contributed by atoms with E-state index in [-0.39, 0.29) is 0 Å². The standard InChI is InChI=1S/C8H3F13O3S/c1-2-25(22,23)24-8(20,21)6(15,16)4(11,12)3(9,10)5(13,14)7(17,18)19/h2H,1H2. The van der Waals surface area contributed by atoms with Crippen molar-refractivity contribution < 1.29 is 69.7 Å². The first kappa shape index (κ1) is 23.7. The first-order valence-corrected chi connectivity index (χ1v) is 6.53. The summed E-state index contributed by atoms with van der Waals surface area (Å²) in [7, 11) is -5.98. The quantitative estimate of drug-likeness (QED) is 0.454. The Hall–Kier alpha value is -1.26. The first-order chi connectivity index (χ1) is 10.5. The van der Waals surface area contributed by atoms with E-state index in [9.17, 15) is 65.5 Å². The van der Waals surface area contributed by atoms with E-state index in [1.807, 2.05) is 0 Å². The third-order valence-electron chi connectivity index (χ3n) is 2.33. The molecule has 0 rings (SSSR count). The minimum absolute atomic E-state index is 0.697. The Labute approximate surface area is 129 Å². The van der Waals surface area contributed by atoms with Gasteiger partial charge >= 0.3 is 36.0 Å². The van der Waals surface area contributed by atoms with E-state index < -0.39 is 51.5 Å². The summed E-state index contributed by atoms with van der Waals surface area (Å²) >= 11 is 0. The molecule has 0 aromatic rings. The van der Waals surface area contributed by atoms with Gasteiger partial charge < -0.3 is 0 Å². The maximum absolute atomic E-state index is 13.0. The molecule has 0 radical (unpaired) electrons. The van der Waals surface area contributed by atoms with Gasteiger partial charge in [0.15, 0.2) is 0 Å². The van der Waals surface area contributed by atoms with Gasteiger partial charge in [-0.25, -0.2) is 0 Å². The molecule has 17 heteroatoms. The van der Waals surface area contributed by atoms with Crippen molar-refractivity contribution in [1.82, 2.24) is 0 Å². The fourth-order valence-electron chi connectivity index (χ4n) is 0.987. The molecule has 0 aliphatic rings. The largest absolute Gasteiger partial charge is 0.460 e. The molecule has 0 saturated heterocycles. The van der Waals surface area contributed by atoms with E-state index >= 15 is 0 Å². The fourth-order valence-corrected chi connectivity index (χ4v) is 1.45. The number of hydrogen-bond donors (Lipinski definition) is 0. The van der Waals surface area contributed by atoms with Crippen LogP contribution in [-0.2, 0) is 14.3 Å². The van der Waals surface area contributed by atoms with Crippen LogP contribution in [0.5, 0.6) is 0 Å². The Bertz CT molecular complexity index is 618. The molecule has 0 amide bonds. The fraction of sp³-hybridized carbons (Fsp3) is 0.750. The van der Waals surface area contributed by atoms with Gasteiger partial charge in [-0.05, 0) is 0 Å². The third kappa shape index (κ3) is 3.52. The predicted molar refractivity (Wildman–Crippen MR) is 51.0 cm³/mol. The molecule has 3 nitrogen and oxygen atoms in total. The molecule has 0 unspecified atom stereocenters. The highest BCUT2D eigenvalue weighted by atomic mass is 32.2. The summed E-state index contributed by atoms with van der Waals surface area (Å²) in [6, 6.07) is 0. The zero-order valence-electron chi connectivity index (χ0n) is 10.8. The maximum Gasteiger partial charge on any atom is 0.460 e. The normalized spacial score (nSPS) is 16.0. The van der Waals surface area contributed by atoms with Gasteiger partial charge in [0.1, 0.15) is 0 Å². The molecule has 0 aliphatic carbocycles. The van der Waals surface area contributed by atoms with Gasteiger partial charge in [0.2, 0.25) is 0 Å². The van der Waals surface area contributed by atoms with E-state index in [1.165, 1.54) is 0 Å². The topological polar surface area (TPSA) is 43.4 Å². The maximum atomic E-state index is 13.0. The lowest BCUT2D eigenvalue weighted by atomic mass is 9.97. The van der Waals surface area contributed by atoms with Gasteiger partial charge in [0.05, 0.1) is 5.41 Å². The van der Waals surface area contributed by atoms with Crippen LogP contribution >= 0.6 is 0 Å². The van der Waals surface area contributed by atoms with E-state index in [1.54, 1.807) is 0 Å². The second kappa shape index (κ2) is 5.88. The lowest BCUT2D eigenvalue weighted by Crippen LogP contribution is -2.70. The molecule has 150 valence electrons. The Morgan fingerprint density at radius 3 is 1.24 bits per heavy atom. The SMILES string of the molecule is C=CS(=O)(=O)OC(F)(F)C(F)(F)C(F)(F)C(F)(F)C(F)(F)C(F)(F)F. The molecule has 0 aromatic heterocycles. The van der Waals surface area contributed by atoms with Crippen molar-refractivity contribution in [2.45, 2.75) is 36.0 Å². The van der Waals surface area contributed by atoms with E-state index in [4.69, 9.17) is 0 Å². The Morgan fingerprint density at radius 1 is 0.640 bits per heavy atom. The van der Waals surface area contributed by atoms with Crippen LogP contribution in [0, 0.1) is 0 Å². The lowest BCUT2D eigenvalue weighted by Gasteiger charge is -2.38. The Balaban J connectivity index is 6.34. The van der Waals surface area contributed by atoms with E-state index in [2.05, 4.69) is 10.8 Å². The molecule has 0 aliphatic heterocycles. The summed E-state index contributed by atoms with van der Waals surface area (Å²) in [5.41, 5.74) is 0. The summed E-state index contributed by atoms with van der Waals surface area (Å²) in [6.07, 6.45) is -14.7. The van der Waals surface area contributed by atoms with Crippen LogP contribution in [0.3, 0.4) is 0 Å². The summed E-state index contributed by atoms with van der Waals surface area (Å²) in [5.74, 6) is -32.0. The second-order valence-electron chi connectivity index (χ2n) is 4.05. The average molecular weight is 426 g/mol. The number of halogens is 13. The smallest absolute Gasteiger partial charge is 0.194 e. The van der Waals surface area contributed by atoms with Crippen molar-refractivity contribution in [1.29, 1.82) is 0 Å². The van der Waals surface area contributed by atoms with Gasteiger partial charge in [-0.15, -0.1) is 0 Å². The minimum atomic E-state index is -8.13. The van der Waals surface area contributed by atoms with Crippen LogP contribution in [0.25, 0.3) is 0 Å². The lowest BCUT2D eigenvalue weighted by molar-refractivity contribution is -0.456. The highest BCUT2D eigenvalue weighted by Gasteiger charge is 2.91. The Morgan fingerprint density at radius 2 is 0.960 bits per heavy atom. The van der Waals surface area contributed by atoms with Crippen molar-refractivity contribution >= 4 is 10.1 Å². The molecular formula is C8H3F13O3S. The molecule has 0 spiro atoms. The minimum Gasteiger partial charge on any atom is -0.194 e. The van der Waals surface area contributed by atoms with Gasteiger partial charge in [-0.2, -0.15) is 69.7 Å². The van der Waals surface area contributed by atoms with Gasteiger partial charge in [-0.3, -0.25) is 0 Å². The van der Waals surface area contributed by atoms with Gasteiger partial charge in [0, 0.05) is 0 Å². The molecule has 0 heterocycles. The predicted octanol–water partition coefficient (Wildman–Crippen LogP) is 4.17. The van der Waals surface area contributed by atoms with Gasteiger partial charge in [-0.1, -0.05) is 6.58 Å². The third-order valence-corrected chi connectivity index (χ3v) is 3.18. The molecule has 0 bridgehead atoms. The summed E-state index contributed by atoms with van der Waals surface area (Å²) in [5, 5.41) is -0.697. The summed E-state index contributed by atoms with van der Waals surface area (Å²) in [6.45, 7) is 2.19. The molecule has 0 atom stereocenters. The van der Waals surface area contributed by atoms with Crippen molar-refractivity contribution in [2.24, 2.45) is 0 Å². The van der Waals surface area contributed by atoms with Crippen molar-refractivity contribution in [3.63, 3.8) is 0 Å². The monoisotopic (exact) mass is 426 g/mol. The number of hydrogen-bond acceptors (Lipinski definition) is 3. The van der Waals surface area contributed by atoms with Crippen LogP contribution in [0.2, 0.25) is 0 Å². The van der Waals surface area contributed by atoms with E-state index in [0.29, 0.717) is 0 Å². The molecular weight excluding hydrogens is 423 g/mol. The molecule has 0 saturated carbocycles. The molecule has 0 fully saturated rings. The zero-order chi connectivity index (χ0) is 20.9. The van der Waals surface area contributed by atoms with Crippen molar-refractivity contribution in [3.8, 4) is 0 Å². The van der Waals surface area contributed by atoms with Crippen LogP contribution < -0.4 is 0 Å². The molecule has 25 heavy (non-hydrogen) atoms. The summed E-state index contributed by atoms with van der Waals surface area (Å²) in [4.78, 5) is 0. The van der Waals surface area contributed by atoms with Crippen LogP contribution in [0.15, 0.2) is 12.0 Å². The van der Waals surface area contributed by atoms with Crippen molar-refractivity contribution in [3.05, 3.63) is 12.0 Å². The first-order valence-electron chi connectivity index (χ1n) is 5.05. The number of alkyl halides is 13. The summed E-state index contributed by atoms with van der Waals surface area (Å²) < 4.78 is 186. The average Bonchev–Trinajstić information content (AvgIpc) is 2.35. The highest BCUT2D eigenvalue weighted by molar-refractivity contribution is 7.89. The van der Waals surface area contributed by atoms with Crippen LogP contribution in [-0.4, -0.2) is 44.4 Å². The van der Waals surface area contributed by atoms with Crippen LogP contribution in [0.4, 0.5) is 57.1 Å². The molecule has 0 N–H and O–H groups in total. The van der Waals surface area contributed by atoms with Crippen LogP contribution in [0.1, 0.15) is 0 Å². The van der Waals surface area contributed by atoms with Gasteiger partial charge in [0.25, 0.3) is 10.1 Å². The molecule has 0 aromatic carbocycles. The van der Waals surface area contributed by atoms with E-state index in [0.717, 1.165) is 0 Å². The zero-order valence-corrected chi connectivity index (χ0v) is 11.6. The number of rotatable bonds is 7.